The monoisotopic (exact) mass is 452 g/mol. The van der Waals surface area contributed by atoms with Gasteiger partial charge in [0.25, 0.3) is 5.56 Å². The number of nitrogens with two attached hydrogens (primary N) is 2. The lowest BCUT2D eigenvalue weighted by atomic mass is 10.0. The third kappa shape index (κ3) is 4.92. The molecule has 2 heterocycles. The van der Waals surface area contributed by atoms with Crippen molar-refractivity contribution >= 4 is 17.3 Å². The fraction of sp³-hybridized carbons (Fsp3) is 0.0769. The minimum atomic E-state index is -0.462. The van der Waals surface area contributed by atoms with Crippen LogP contribution in [-0.2, 0) is 6.54 Å². The van der Waals surface area contributed by atoms with Crippen LogP contribution in [0.15, 0.2) is 83.9 Å². The Hall–Kier alpha value is -4.56. The Morgan fingerprint density at radius 1 is 1.09 bits per heavy atom. The van der Waals surface area contributed by atoms with Crippen molar-refractivity contribution in [3.05, 3.63) is 106 Å². The van der Waals surface area contributed by atoms with E-state index in [-0.39, 0.29) is 17.1 Å². The summed E-state index contributed by atoms with van der Waals surface area (Å²) in [6, 6.07) is 18.6. The van der Waals surface area contributed by atoms with Gasteiger partial charge >= 0.3 is 0 Å². The van der Waals surface area contributed by atoms with Crippen molar-refractivity contribution in [3.63, 3.8) is 0 Å². The molecule has 0 saturated carbocycles. The van der Waals surface area contributed by atoms with Gasteiger partial charge in [0.1, 0.15) is 0 Å². The maximum atomic E-state index is 12.9. The fourth-order valence-corrected chi connectivity index (χ4v) is 3.49. The number of hydrogen-bond acceptors (Lipinski definition) is 7. The zero-order chi connectivity index (χ0) is 24.1. The number of hydrogen-bond donors (Lipinski definition) is 4. The second-order valence-corrected chi connectivity index (χ2v) is 7.68. The molecule has 0 aliphatic rings. The smallest absolute Gasteiger partial charge is 0.255 e. The second-order valence-electron chi connectivity index (χ2n) is 7.68. The van der Waals surface area contributed by atoms with Crippen LogP contribution in [0.2, 0.25) is 0 Å². The molecule has 170 valence electrons. The van der Waals surface area contributed by atoms with Gasteiger partial charge in [-0.2, -0.15) is 0 Å². The standard InChI is InChI=1S/C26H24N6O2/c1-29-13-16-7-9-18(10-8-16)21(27)12-23(33)24-25(28)30-15-22(32-24)19-11-20(26(34)31-14-19)17-5-3-2-4-6-17/h2-12,14-15,29H,13,27H2,1H3,(H2,28,30)(H,31,34). The largest absolute Gasteiger partial charge is 0.398 e. The normalized spacial score (nSPS) is 11.4. The van der Waals surface area contributed by atoms with E-state index in [0.29, 0.717) is 28.1 Å². The van der Waals surface area contributed by atoms with Gasteiger partial charge < -0.3 is 21.8 Å². The van der Waals surface area contributed by atoms with E-state index in [2.05, 4.69) is 20.3 Å². The predicted molar refractivity (Wildman–Crippen MR) is 134 cm³/mol. The predicted octanol–water partition coefficient (Wildman–Crippen LogP) is 2.98. The molecule has 0 atom stereocenters. The molecule has 0 saturated heterocycles. The van der Waals surface area contributed by atoms with E-state index < -0.39 is 5.78 Å². The van der Waals surface area contributed by atoms with Crippen molar-refractivity contribution in [1.82, 2.24) is 20.3 Å². The number of anilines is 1. The van der Waals surface area contributed by atoms with Crippen molar-refractivity contribution in [2.45, 2.75) is 6.54 Å². The lowest BCUT2D eigenvalue weighted by Gasteiger charge is -2.08. The number of nitrogen functional groups attached to an aromatic ring is 1. The van der Waals surface area contributed by atoms with Gasteiger partial charge in [0.05, 0.1) is 11.9 Å². The number of aromatic nitrogens is 3. The average molecular weight is 453 g/mol. The molecule has 2 aromatic heterocycles. The van der Waals surface area contributed by atoms with Crippen LogP contribution in [0.4, 0.5) is 5.82 Å². The zero-order valence-corrected chi connectivity index (χ0v) is 18.6. The number of rotatable bonds is 7. The summed E-state index contributed by atoms with van der Waals surface area (Å²) in [6.45, 7) is 0.735. The summed E-state index contributed by atoms with van der Waals surface area (Å²) in [7, 11) is 1.87. The van der Waals surface area contributed by atoms with Crippen molar-refractivity contribution in [2.75, 3.05) is 12.8 Å². The summed E-state index contributed by atoms with van der Waals surface area (Å²) in [6.07, 6.45) is 4.28. The van der Waals surface area contributed by atoms with Crippen LogP contribution >= 0.6 is 0 Å². The van der Waals surface area contributed by atoms with Crippen LogP contribution in [0.5, 0.6) is 0 Å². The number of carbonyl (C=O) groups excluding carboxylic acids is 1. The number of nitrogens with one attached hydrogen (secondary N) is 2. The fourth-order valence-electron chi connectivity index (χ4n) is 3.49. The molecule has 2 aromatic carbocycles. The molecular weight excluding hydrogens is 428 g/mol. The van der Waals surface area contributed by atoms with Crippen molar-refractivity contribution in [3.8, 4) is 22.4 Å². The summed E-state index contributed by atoms with van der Waals surface area (Å²) >= 11 is 0. The average Bonchev–Trinajstić information content (AvgIpc) is 2.86. The molecule has 6 N–H and O–H groups in total. The van der Waals surface area contributed by atoms with Gasteiger partial charge in [0.2, 0.25) is 5.78 Å². The van der Waals surface area contributed by atoms with Crippen molar-refractivity contribution < 1.29 is 4.79 Å². The van der Waals surface area contributed by atoms with Gasteiger partial charge in [-0.05, 0) is 29.8 Å². The summed E-state index contributed by atoms with van der Waals surface area (Å²) in [5.41, 5.74) is 16.2. The van der Waals surface area contributed by atoms with E-state index in [9.17, 15) is 9.59 Å². The number of aromatic amines is 1. The van der Waals surface area contributed by atoms with Gasteiger partial charge in [0.15, 0.2) is 11.5 Å². The highest BCUT2D eigenvalue weighted by Crippen LogP contribution is 2.23. The Bertz CT molecular complexity index is 1410. The summed E-state index contributed by atoms with van der Waals surface area (Å²) < 4.78 is 0. The summed E-state index contributed by atoms with van der Waals surface area (Å²) in [5, 5.41) is 3.08. The van der Waals surface area contributed by atoms with Crippen molar-refractivity contribution in [1.29, 1.82) is 0 Å². The maximum Gasteiger partial charge on any atom is 0.255 e. The summed E-state index contributed by atoms with van der Waals surface area (Å²) in [4.78, 5) is 36.6. The topological polar surface area (TPSA) is 140 Å². The van der Waals surface area contributed by atoms with Crippen LogP contribution in [0, 0.1) is 0 Å². The lowest BCUT2D eigenvalue weighted by molar-refractivity contribution is 0.104. The van der Waals surface area contributed by atoms with E-state index in [1.165, 1.54) is 18.5 Å². The molecule has 0 fully saturated rings. The molecule has 0 amide bonds. The third-order valence-corrected chi connectivity index (χ3v) is 5.27. The number of H-pyrrole nitrogens is 1. The highest BCUT2D eigenvalue weighted by atomic mass is 16.1. The first-order valence-corrected chi connectivity index (χ1v) is 10.6. The molecule has 34 heavy (non-hydrogen) atoms. The number of benzene rings is 2. The minimum Gasteiger partial charge on any atom is -0.398 e. The molecule has 0 bridgehead atoms. The number of pyridine rings is 1. The molecule has 0 spiro atoms. The Morgan fingerprint density at radius 3 is 2.53 bits per heavy atom. The molecule has 8 heteroatoms. The van der Waals surface area contributed by atoms with Gasteiger partial charge in [-0.15, -0.1) is 0 Å². The van der Waals surface area contributed by atoms with Crippen LogP contribution in [-0.4, -0.2) is 27.8 Å². The minimum absolute atomic E-state index is 0.00474. The highest BCUT2D eigenvalue weighted by molar-refractivity contribution is 6.09. The van der Waals surface area contributed by atoms with E-state index in [1.54, 1.807) is 6.07 Å². The SMILES string of the molecule is CNCc1ccc(C(N)=CC(=O)c2nc(-c3c[nH]c(=O)c(-c4ccccc4)c3)cnc2N)cc1. The number of carbonyl (C=O) groups is 1. The van der Waals surface area contributed by atoms with Crippen molar-refractivity contribution in [2.24, 2.45) is 5.73 Å². The van der Waals surface area contributed by atoms with E-state index in [4.69, 9.17) is 11.5 Å². The van der Waals surface area contributed by atoms with Gasteiger partial charge in [-0.25, -0.2) is 9.97 Å². The molecule has 0 aliphatic heterocycles. The molecular formula is C26H24N6O2. The Balaban J connectivity index is 1.65. The first-order valence-electron chi connectivity index (χ1n) is 10.6. The van der Waals surface area contributed by atoms with Gasteiger partial charge in [-0.1, -0.05) is 54.6 Å². The van der Waals surface area contributed by atoms with Crippen LogP contribution in [0.25, 0.3) is 28.1 Å². The summed E-state index contributed by atoms with van der Waals surface area (Å²) in [5.74, 6) is -0.466. The van der Waals surface area contributed by atoms with Gasteiger partial charge in [-0.3, -0.25) is 9.59 Å². The maximum absolute atomic E-state index is 12.9. The quantitative estimate of drug-likeness (QED) is 0.250. The number of allylic oxidation sites excluding steroid dienone is 1. The number of ketones is 1. The van der Waals surface area contributed by atoms with Gasteiger partial charge in [0, 0.05) is 35.6 Å². The Labute approximate surface area is 196 Å². The Kier molecular flexibility index (Phi) is 6.61. The Morgan fingerprint density at radius 2 is 1.82 bits per heavy atom. The third-order valence-electron chi connectivity index (χ3n) is 5.27. The molecule has 4 aromatic rings. The molecule has 0 radical (unpaired) electrons. The van der Waals surface area contributed by atoms with E-state index in [1.807, 2.05) is 61.6 Å². The molecule has 0 aliphatic carbocycles. The first kappa shape index (κ1) is 22.6. The van der Waals surface area contributed by atoms with Crippen LogP contribution in [0.1, 0.15) is 21.6 Å². The highest BCUT2D eigenvalue weighted by Gasteiger charge is 2.15. The van der Waals surface area contributed by atoms with E-state index >= 15 is 0 Å². The molecule has 4 rings (SSSR count). The lowest BCUT2D eigenvalue weighted by Crippen LogP contribution is -2.11. The molecule has 0 unspecified atom stereocenters. The van der Waals surface area contributed by atoms with E-state index in [0.717, 1.165) is 17.7 Å². The zero-order valence-electron chi connectivity index (χ0n) is 18.6. The molecule has 8 nitrogen and oxygen atoms in total. The van der Waals surface area contributed by atoms with Crippen LogP contribution < -0.4 is 22.3 Å². The number of nitrogens with zero attached hydrogens (tertiary/aromatic N) is 2. The first-order chi connectivity index (χ1) is 16.5. The van der Waals surface area contributed by atoms with Crippen LogP contribution in [0.3, 0.4) is 0 Å². The second kappa shape index (κ2) is 9.93.